The Balaban J connectivity index is 1.76. The minimum atomic E-state index is -1.76. The largest absolute Gasteiger partial charge is 0.755 e. The molecule has 0 N–H and O–H groups in total. The smallest absolute Gasteiger partial charge is 0.510 e. The van der Waals surface area contributed by atoms with Crippen molar-refractivity contribution in [3.8, 4) is 11.1 Å². The maximum absolute atomic E-state index is 14.3. The predicted molar refractivity (Wildman–Crippen MR) is 119 cm³/mol. The zero-order valence-corrected chi connectivity index (χ0v) is 17.9. The van der Waals surface area contributed by atoms with Crippen molar-refractivity contribution in [3.63, 3.8) is 0 Å². The van der Waals surface area contributed by atoms with Gasteiger partial charge in [0.1, 0.15) is 9.02 Å². The van der Waals surface area contributed by atoms with E-state index in [9.17, 15) is 4.32 Å². The summed E-state index contributed by atoms with van der Waals surface area (Å²) in [5.41, 5.74) is 6.04. The van der Waals surface area contributed by atoms with Crippen LogP contribution in [0.3, 0.4) is 0 Å². The molecule has 2 atom stereocenters. The molecule has 27 heavy (non-hydrogen) atoms. The third kappa shape index (κ3) is 3.98. The Morgan fingerprint density at radius 1 is 1.19 bits per heavy atom. The number of allylic oxidation sites excluding steroid dienone is 1. The molecule has 1 aliphatic heterocycles. The van der Waals surface area contributed by atoms with Crippen molar-refractivity contribution in [1.82, 2.24) is 0 Å². The summed E-state index contributed by atoms with van der Waals surface area (Å²) in [7, 11) is -1.76. The molecule has 2 aliphatic rings. The molecule has 0 saturated carbocycles. The van der Waals surface area contributed by atoms with Crippen molar-refractivity contribution in [2.75, 3.05) is 0 Å². The van der Waals surface area contributed by atoms with Gasteiger partial charge in [-0.1, -0.05) is 71.1 Å². The summed E-state index contributed by atoms with van der Waals surface area (Å²) in [5, 5.41) is 1.99. The van der Waals surface area contributed by atoms with Crippen molar-refractivity contribution in [2.24, 2.45) is 0 Å². The van der Waals surface area contributed by atoms with Crippen LogP contribution in [0.5, 0.6) is 0 Å². The van der Waals surface area contributed by atoms with Crippen molar-refractivity contribution >= 4 is 41.7 Å². The van der Waals surface area contributed by atoms with Crippen LogP contribution in [0.1, 0.15) is 29.7 Å². The average Bonchev–Trinajstić information content (AvgIpc) is 2.70. The summed E-state index contributed by atoms with van der Waals surface area (Å²) < 4.78 is 25.1. The highest BCUT2D eigenvalue weighted by Gasteiger charge is 2.36. The molecule has 138 valence electrons. The molecule has 4 rings (SSSR count). The third-order valence-electron chi connectivity index (χ3n) is 4.80. The van der Waals surface area contributed by atoms with Crippen LogP contribution in [0.25, 0.3) is 11.1 Å². The van der Waals surface area contributed by atoms with Crippen molar-refractivity contribution < 1.29 is 13.6 Å². The molecule has 0 radical (unpaired) electrons. The van der Waals surface area contributed by atoms with E-state index in [-0.39, 0.29) is 3.26 Å². The van der Waals surface area contributed by atoms with Gasteiger partial charge in [-0.05, 0) is 59.1 Å². The summed E-state index contributed by atoms with van der Waals surface area (Å²) in [6, 6.07) is 14.7. The maximum atomic E-state index is 14.3. The topological polar surface area (TPSA) is 18.5 Å². The fraction of sp³-hybridized carbons (Fsp3) is 0.238. The molecule has 0 aromatic heterocycles. The third-order valence-corrected chi connectivity index (χ3v) is 7.19. The van der Waals surface area contributed by atoms with E-state index < -0.39 is 13.5 Å². The summed E-state index contributed by atoms with van der Waals surface area (Å²) >= 11 is 3.85. The highest BCUT2D eigenvalue weighted by atomic mass is 127. The van der Waals surface area contributed by atoms with E-state index >= 15 is 0 Å². The first-order valence-corrected chi connectivity index (χ1v) is 11.1. The Hall–Kier alpha value is -1.25. The Kier molecular flexibility index (Phi) is 5.95. The van der Waals surface area contributed by atoms with Gasteiger partial charge in [0.2, 0.25) is 0 Å². The highest BCUT2D eigenvalue weighted by molar-refractivity contribution is 14.1. The van der Waals surface area contributed by atoms with E-state index in [1.807, 2.05) is 36.6 Å². The number of hydrogen-bond donors (Lipinski definition) is 0. The van der Waals surface area contributed by atoms with Crippen LogP contribution in [0.2, 0.25) is 0 Å². The van der Waals surface area contributed by atoms with Gasteiger partial charge in [0.15, 0.2) is 0 Å². The lowest BCUT2D eigenvalue weighted by molar-refractivity contribution is 0.134. The molecule has 2 aromatic rings. The number of fused-ring (bicyclic) bond motifs is 3. The normalized spacial score (nSPS) is 19.9. The van der Waals surface area contributed by atoms with Gasteiger partial charge in [-0.3, -0.25) is 0 Å². The lowest BCUT2D eigenvalue weighted by Gasteiger charge is -2.29. The SMILES string of the molecule is C/C=C\S[C@H](I)C1=CC(c2cccc3c2-c2ccccc2CC3)OB(F)O1. The second-order valence-corrected chi connectivity index (χ2v) is 9.58. The maximum Gasteiger partial charge on any atom is 0.755 e. The number of halogens is 2. The molecule has 0 bridgehead atoms. The van der Waals surface area contributed by atoms with Gasteiger partial charge in [-0.15, -0.1) is 11.8 Å². The number of hydrogen-bond acceptors (Lipinski definition) is 3. The fourth-order valence-electron chi connectivity index (χ4n) is 3.63. The second kappa shape index (κ2) is 8.41. The van der Waals surface area contributed by atoms with E-state index in [1.165, 1.54) is 22.3 Å². The van der Waals surface area contributed by atoms with Gasteiger partial charge in [0.05, 0.1) is 6.10 Å². The molecule has 6 heteroatoms. The Labute approximate surface area is 177 Å². The van der Waals surface area contributed by atoms with E-state index in [2.05, 4.69) is 52.9 Å². The van der Waals surface area contributed by atoms with E-state index in [4.69, 9.17) is 9.31 Å². The molecule has 1 heterocycles. The molecule has 0 spiro atoms. The van der Waals surface area contributed by atoms with Crippen LogP contribution < -0.4 is 0 Å². The number of alkyl halides is 1. The Bertz CT molecular complexity index is 902. The monoisotopic (exact) mass is 492 g/mol. The number of aryl methyl sites for hydroxylation is 2. The van der Waals surface area contributed by atoms with E-state index in [0.29, 0.717) is 5.76 Å². The van der Waals surface area contributed by atoms with Crippen LogP contribution in [0, 0.1) is 0 Å². The lowest BCUT2D eigenvalue weighted by Crippen LogP contribution is -2.27. The Morgan fingerprint density at radius 3 is 2.81 bits per heavy atom. The zero-order chi connectivity index (χ0) is 18.8. The minimum Gasteiger partial charge on any atom is -0.510 e. The standard InChI is InChI=1S/C21H19BFIO2S/c1-2-12-27-21(24)19-13-18(25-22(23)26-19)17-9-5-7-15-11-10-14-6-3-4-8-16(14)20(15)17/h2-9,12-13,18,21H,10-11H2,1H3/b12-2-/t18?,21-/m0/s1. The molecule has 0 fully saturated rings. The van der Waals surface area contributed by atoms with Crippen molar-refractivity contribution in [3.05, 3.63) is 82.5 Å². The summed E-state index contributed by atoms with van der Waals surface area (Å²) in [6.07, 6.45) is 5.43. The summed E-state index contributed by atoms with van der Waals surface area (Å²) in [5.74, 6) is 0.615. The average molecular weight is 492 g/mol. The molecule has 0 saturated heterocycles. The Morgan fingerprint density at radius 2 is 1.96 bits per heavy atom. The van der Waals surface area contributed by atoms with Crippen LogP contribution >= 0.6 is 34.4 Å². The minimum absolute atomic E-state index is 0.00438. The molecule has 1 unspecified atom stereocenters. The molecular weight excluding hydrogens is 473 g/mol. The van der Waals surface area contributed by atoms with Gasteiger partial charge in [-0.25, -0.2) is 4.32 Å². The molecule has 0 amide bonds. The van der Waals surface area contributed by atoms with Crippen LogP contribution in [0.15, 0.2) is 65.8 Å². The first-order valence-electron chi connectivity index (χ1n) is 8.96. The quantitative estimate of drug-likeness (QED) is 0.280. The van der Waals surface area contributed by atoms with E-state index in [1.54, 1.807) is 11.8 Å². The molecular formula is C21H19BFIO2S. The highest BCUT2D eigenvalue weighted by Crippen LogP contribution is 2.42. The first-order chi connectivity index (χ1) is 13.2. The van der Waals surface area contributed by atoms with Gasteiger partial charge in [0, 0.05) is 0 Å². The summed E-state index contributed by atoms with van der Waals surface area (Å²) in [6.45, 7) is 1.96. The van der Waals surface area contributed by atoms with Crippen molar-refractivity contribution in [1.29, 1.82) is 0 Å². The van der Waals surface area contributed by atoms with Crippen LogP contribution in [0.4, 0.5) is 4.32 Å². The van der Waals surface area contributed by atoms with Gasteiger partial charge in [-0.2, -0.15) is 0 Å². The first kappa shape index (κ1) is 19.1. The van der Waals surface area contributed by atoms with Gasteiger partial charge in [0.25, 0.3) is 0 Å². The fourth-order valence-corrected chi connectivity index (χ4v) is 5.06. The molecule has 2 nitrogen and oxygen atoms in total. The zero-order valence-electron chi connectivity index (χ0n) is 14.9. The number of thioether (sulfide) groups is 1. The van der Waals surface area contributed by atoms with Gasteiger partial charge >= 0.3 is 7.40 Å². The number of benzene rings is 2. The predicted octanol–water partition coefficient (Wildman–Crippen LogP) is 6.41. The van der Waals surface area contributed by atoms with Crippen LogP contribution in [-0.4, -0.2) is 10.7 Å². The summed E-state index contributed by atoms with van der Waals surface area (Å²) in [4.78, 5) is 0. The molecule has 2 aromatic carbocycles. The molecule has 1 aliphatic carbocycles. The van der Waals surface area contributed by atoms with Gasteiger partial charge < -0.3 is 9.31 Å². The van der Waals surface area contributed by atoms with E-state index in [0.717, 1.165) is 18.4 Å². The second-order valence-electron chi connectivity index (χ2n) is 6.48. The lowest BCUT2D eigenvalue weighted by atomic mass is 9.81. The van der Waals surface area contributed by atoms with Crippen molar-refractivity contribution in [2.45, 2.75) is 29.1 Å². The van der Waals surface area contributed by atoms with Crippen LogP contribution in [-0.2, 0) is 22.2 Å². The number of rotatable bonds is 4.